The molecule has 36 heavy (non-hydrogen) atoms. The second-order valence-electron chi connectivity index (χ2n) is 7.77. The molecule has 0 radical (unpaired) electrons. The summed E-state index contributed by atoms with van der Waals surface area (Å²) in [5.74, 6) is -0.969. The first-order chi connectivity index (χ1) is 17.5. The van der Waals surface area contributed by atoms with Gasteiger partial charge in [-0.25, -0.2) is 9.88 Å². The molecule has 0 unspecified atom stereocenters. The van der Waals surface area contributed by atoms with Crippen LogP contribution in [0.25, 0.3) is 17.3 Å². The van der Waals surface area contributed by atoms with E-state index in [1.165, 1.54) is 40.4 Å². The zero-order valence-corrected chi connectivity index (χ0v) is 20.6. The summed E-state index contributed by atoms with van der Waals surface area (Å²) in [6.45, 7) is 0. The normalized spacial score (nSPS) is 15.0. The number of anilines is 2. The predicted octanol–water partition coefficient (Wildman–Crippen LogP) is 5.27. The molecular weight excluding hydrogens is 494 g/mol. The molecule has 1 aromatic heterocycles. The summed E-state index contributed by atoms with van der Waals surface area (Å²) in [7, 11) is 1.42. The summed E-state index contributed by atoms with van der Waals surface area (Å²) >= 11 is 6.92. The highest BCUT2D eigenvalue weighted by atomic mass is 32.1. The Balaban J connectivity index is 1.62. The van der Waals surface area contributed by atoms with E-state index in [9.17, 15) is 14.7 Å². The summed E-state index contributed by atoms with van der Waals surface area (Å²) < 4.78 is 5.17. The van der Waals surface area contributed by atoms with Crippen molar-refractivity contribution < 1.29 is 19.4 Å². The standard InChI is InChI=1S/C27H19N3O4S2/c1-34-23-15-17(12-13-22(23)31)14-20-24(32)29(19-10-6-3-7-11-19)27(35)30(25(20)33)26-28-21(16-36-26)18-8-4-2-5-9-18/h2-16,31H,1H3/b20-14+. The highest BCUT2D eigenvalue weighted by Gasteiger charge is 2.42. The number of phenols is 1. The lowest BCUT2D eigenvalue weighted by Crippen LogP contribution is -2.56. The topological polar surface area (TPSA) is 83.0 Å². The molecule has 2 amide bonds. The lowest BCUT2D eigenvalue weighted by atomic mass is 10.1. The number of methoxy groups -OCH3 is 1. The first-order valence-electron chi connectivity index (χ1n) is 10.9. The van der Waals surface area contributed by atoms with Gasteiger partial charge in [0.1, 0.15) is 5.57 Å². The number of hydrogen-bond acceptors (Lipinski definition) is 7. The van der Waals surface area contributed by atoms with E-state index in [-0.39, 0.29) is 22.2 Å². The third-order valence-electron chi connectivity index (χ3n) is 5.53. The average molecular weight is 514 g/mol. The van der Waals surface area contributed by atoms with E-state index in [4.69, 9.17) is 17.0 Å². The number of carbonyl (C=O) groups is 2. The number of carbonyl (C=O) groups excluding carboxylic acids is 2. The molecule has 5 rings (SSSR count). The maximum absolute atomic E-state index is 13.7. The van der Waals surface area contributed by atoms with Gasteiger partial charge < -0.3 is 9.84 Å². The molecule has 178 valence electrons. The summed E-state index contributed by atoms with van der Waals surface area (Å²) in [5.41, 5.74) is 2.53. The summed E-state index contributed by atoms with van der Waals surface area (Å²) in [6, 6.07) is 23.1. The van der Waals surface area contributed by atoms with Gasteiger partial charge in [-0.3, -0.25) is 14.5 Å². The predicted molar refractivity (Wildman–Crippen MR) is 144 cm³/mol. The molecule has 1 saturated heterocycles. The molecule has 1 N–H and O–H groups in total. The molecule has 0 aliphatic carbocycles. The zero-order valence-electron chi connectivity index (χ0n) is 19.0. The SMILES string of the molecule is COc1cc(/C=C2\C(=O)N(c3ccccc3)C(=S)N(c3nc(-c4ccccc4)cs3)C2=O)ccc1O. The molecule has 0 bridgehead atoms. The van der Waals surface area contributed by atoms with E-state index < -0.39 is 11.8 Å². The van der Waals surface area contributed by atoms with Crippen molar-refractivity contribution in [3.05, 3.63) is 95.4 Å². The Bertz CT molecular complexity index is 1500. The fourth-order valence-corrected chi connectivity index (χ4v) is 5.01. The molecular formula is C27H19N3O4S2. The number of ether oxygens (including phenoxy) is 1. The molecule has 1 aliphatic heterocycles. The van der Waals surface area contributed by atoms with Crippen LogP contribution in [-0.4, -0.2) is 34.1 Å². The number of thiocarbonyl (C=S) groups is 1. The van der Waals surface area contributed by atoms with Gasteiger partial charge in [0.25, 0.3) is 11.8 Å². The number of benzene rings is 3. The van der Waals surface area contributed by atoms with Crippen molar-refractivity contribution in [1.82, 2.24) is 4.98 Å². The van der Waals surface area contributed by atoms with E-state index in [2.05, 4.69) is 4.98 Å². The fraction of sp³-hybridized carbons (Fsp3) is 0.0370. The lowest BCUT2D eigenvalue weighted by molar-refractivity contribution is -0.120. The first kappa shape index (κ1) is 23.4. The van der Waals surface area contributed by atoms with E-state index >= 15 is 0 Å². The third kappa shape index (κ3) is 4.26. The van der Waals surface area contributed by atoms with Crippen LogP contribution in [0.5, 0.6) is 11.5 Å². The summed E-state index contributed by atoms with van der Waals surface area (Å²) in [6.07, 6.45) is 1.46. The van der Waals surface area contributed by atoms with Gasteiger partial charge in [0.2, 0.25) is 0 Å². The van der Waals surface area contributed by atoms with Crippen molar-refractivity contribution in [3.8, 4) is 22.8 Å². The molecule has 7 nitrogen and oxygen atoms in total. The van der Waals surface area contributed by atoms with Crippen molar-refractivity contribution >= 4 is 57.4 Å². The first-order valence-corrected chi connectivity index (χ1v) is 12.1. The van der Waals surface area contributed by atoms with Crippen molar-refractivity contribution in [1.29, 1.82) is 0 Å². The molecule has 0 spiro atoms. The van der Waals surface area contributed by atoms with Gasteiger partial charge >= 0.3 is 0 Å². The van der Waals surface area contributed by atoms with Gasteiger partial charge in [-0.1, -0.05) is 54.6 Å². The van der Waals surface area contributed by atoms with Gasteiger partial charge in [-0.05, 0) is 48.1 Å². The summed E-state index contributed by atoms with van der Waals surface area (Å²) in [4.78, 5) is 34.6. The number of aromatic nitrogens is 1. The van der Waals surface area contributed by atoms with Gasteiger partial charge in [0.15, 0.2) is 21.7 Å². The smallest absolute Gasteiger partial charge is 0.272 e. The highest BCUT2D eigenvalue weighted by Crippen LogP contribution is 2.34. The third-order valence-corrected chi connectivity index (χ3v) is 6.72. The van der Waals surface area contributed by atoms with Crippen LogP contribution in [0.1, 0.15) is 5.56 Å². The monoisotopic (exact) mass is 513 g/mol. The Hall–Kier alpha value is -4.34. The van der Waals surface area contributed by atoms with Gasteiger partial charge in [0.05, 0.1) is 18.5 Å². The average Bonchev–Trinajstić information content (AvgIpc) is 3.38. The Kier molecular flexibility index (Phi) is 6.32. The molecule has 9 heteroatoms. The fourth-order valence-electron chi connectivity index (χ4n) is 3.76. The maximum atomic E-state index is 13.7. The second kappa shape index (κ2) is 9.73. The van der Waals surface area contributed by atoms with E-state index in [0.717, 1.165) is 5.56 Å². The molecule has 0 saturated carbocycles. The number of amides is 2. The highest BCUT2D eigenvalue weighted by molar-refractivity contribution is 7.81. The van der Waals surface area contributed by atoms with Gasteiger partial charge in [0, 0.05) is 10.9 Å². The maximum Gasteiger partial charge on any atom is 0.272 e. The van der Waals surface area contributed by atoms with E-state index in [1.807, 2.05) is 41.8 Å². The Morgan fingerprint density at radius 1 is 0.944 bits per heavy atom. The number of nitrogens with zero attached hydrogens (tertiary/aromatic N) is 3. The van der Waals surface area contributed by atoms with Crippen LogP contribution < -0.4 is 14.5 Å². The van der Waals surface area contributed by atoms with Crippen LogP contribution in [0.4, 0.5) is 10.8 Å². The van der Waals surface area contributed by atoms with E-state index in [0.29, 0.717) is 22.1 Å². The van der Waals surface area contributed by atoms with Crippen LogP contribution >= 0.6 is 23.6 Å². The van der Waals surface area contributed by atoms with Crippen molar-refractivity contribution in [3.63, 3.8) is 0 Å². The number of phenolic OH excluding ortho intramolecular Hbond substituents is 1. The van der Waals surface area contributed by atoms with Crippen molar-refractivity contribution in [2.24, 2.45) is 0 Å². The quantitative estimate of drug-likeness (QED) is 0.222. The van der Waals surface area contributed by atoms with Crippen LogP contribution in [0.15, 0.2) is 89.8 Å². The lowest BCUT2D eigenvalue weighted by Gasteiger charge is -2.35. The summed E-state index contributed by atoms with van der Waals surface area (Å²) in [5, 5.41) is 12.2. The number of thiazole rings is 1. The second-order valence-corrected chi connectivity index (χ2v) is 8.97. The van der Waals surface area contributed by atoms with Crippen LogP contribution in [0.3, 0.4) is 0 Å². The van der Waals surface area contributed by atoms with Crippen molar-refractivity contribution in [2.45, 2.75) is 0 Å². The minimum Gasteiger partial charge on any atom is -0.504 e. The van der Waals surface area contributed by atoms with Gasteiger partial charge in [-0.15, -0.1) is 11.3 Å². The molecule has 1 aliphatic rings. The zero-order chi connectivity index (χ0) is 25.2. The largest absolute Gasteiger partial charge is 0.504 e. The number of aromatic hydroxyl groups is 1. The molecule has 0 atom stereocenters. The minimum absolute atomic E-state index is 0.0191. The van der Waals surface area contributed by atoms with E-state index in [1.54, 1.807) is 36.4 Å². The van der Waals surface area contributed by atoms with Crippen LogP contribution in [-0.2, 0) is 9.59 Å². The Morgan fingerprint density at radius 3 is 2.31 bits per heavy atom. The minimum atomic E-state index is -0.585. The number of para-hydroxylation sites is 1. The van der Waals surface area contributed by atoms with Crippen LogP contribution in [0.2, 0.25) is 0 Å². The molecule has 3 aromatic carbocycles. The molecule has 4 aromatic rings. The molecule has 1 fully saturated rings. The Morgan fingerprint density at radius 2 is 1.61 bits per heavy atom. The van der Waals surface area contributed by atoms with Crippen molar-refractivity contribution in [2.75, 3.05) is 16.9 Å². The van der Waals surface area contributed by atoms with Gasteiger partial charge in [-0.2, -0.15) is 0 Å². The number of rotatable bonds is 5. The number of hydrogen-bond donors (Lipinski definition) is 1. The molecule has 2 heterocycles. The Labute approximate surface area is 216 Å². The van der Waals surface area contributed by atoms with Crippen LogP contribution in [0, 0.1) is 0 Å².